The van der Waals surface area contributed by atoms with Crippen molar-refractivity contribution in [2.45, 2.75) is 74.1 Å². The van der Waals surface area contributed by atoms with Gasteiger partial charge in [-0.25, -0.2) is 0 Å². The monoisotopic (exact) mass is 488 g/mol. The zero-order chi connectivity index (χ0) is 27.2. The van der Waals surface area contributed by atoms with E-state index in [0.717, 1.165) is 0 Å². The van der Waals surface area contributed by atoms with Gasteiger partial charge in [0.05, 0.1) is 59.5 Å². The number of aliphatic hydroxyl groups is 9. The molecule has 0 aliphatic carbocycles. The molecular weight excluding hydrogens is 432 g/mol. The molecule has 0 fully saturated rings. The molecule has 0 saturated carbocycles. The average Bonchev–Trinajstić information content (AvgIpc) is 2.85. The zero-order valence-electron chi connectivity index (χ0n) is 22.2. The van der Waals surface area contributed by atoms with Crippen LogP contribution in [0.5, 0.6) is 0 Å². The molecule has 9 heteroatoms. The lowest BCUT2D eigenvalue weighted by Gasteiger charge is -2.24. The molecule has 33 heavy (non-hydrogen) atoms. The van der Waals surface area contributed by atoms with E-state index in [-0.39, 0.29) is 59.5 Å². The van der Waals surface area contributed by atoms with Crippen LogP contribution in [0.25, 0.3) is 0 Å². The second kappa shape index (κ2) is 22.1. The molecule has 0 aromatic carbocycles. The third-order valence-corrected chi connectivity index (χ3v) is 6.33. The molecule has 0 aliphatic rings. The van der Waals surface area contributed by atoms with E-state index in [2.05, 4.69) is 27.7 Å². The van der Waals surface area contributed by atoms with Crippen molar-refractivity contribution < 1.29 is 46.0 Å². The topological polar surface area (TPSA) is 182 Å². The molecular formula is C24H56O9. The van der Waals surface area contributed by atoms with Gasteiger partial charge in [0.2, 0.25) is 0 Å². The highest BCUT2D eigenvalue weighted by molar-refractivity contribution is 4.75. The molecule has 0 heterocycles. The van der Waals surface area contributed by atoms with Crippen molar-refractivity contribution in [3.05, 3.63) is 0 Å². The van der Waals surface area contributed by atoms with Gasteiger partial charge in [0, 0.05) is 16.2 Å². The van der Waals surface area contributed by atoms with Crippen LogP contribution >= 0.6 is 0 Å². The summed E-state index contributed by atoms with van der Waals surface area (Å²) in [7, 11) is 0. The molecule has 0 aliphatic heterocycles. The van der Waals surface area contributed by atoms with Gasteiger partial charge in [0.1, 0.15) is 0 Å². The van der Waals surface area contributed by atoms with Crippen LogP contribution < -0.4 is 0 Å². The quantitative estimate of drug-likeness (QED) is 0.189. The summed E-state index contributed by atoms with van der Waals surface area (Å²) in [5.74, 6) is 0. The summed E-state index contributed by atoms with van der Waals surface area (Å²) in [6, 6.07) is 0. The minimum absolute atomic E-state index is 0.156. The highest BCUT2D eigenvalue weighted by atomic mass is 16.3. The predicted molar refractivity (Wildman–Crippen MR) is 132 cm³/mol. The number of hydrogen-bond donors (Lipinski definition) is 9. The largest absolute Gasteiger partial charge is 0.396 e. The van der Waals surface area contributed by atoms with Gasteiger partial charge >= 0.3 is 0 Å². The van der Waals surface area contributed by atoms with E-state index in [0.29, 0.717) is 24.7 Å². The maximum atomic E-state index is 8.66. The van der Waals surface area contributed by atoms with E-state index < -0.39 is 16.2 Å². The van der Waals surface area contributed by atoms with Crippen LogP contribution in [0.4, 0.5) is 0 Å². The molecule has 0 spiro atoms. The van der Waals surface area contributed by atoms with Crippen LogP contribution in [0.1, 0.15) is 74.1 Å². The minimum atomic E-state index is -0.667. The number of hydrogen-bond acceptors (Lipinski definition) is 9. The third-order valence-electron chi connectivity index (χ3n) is 6.33. The van der Waals surface area contributed by atoms with Crippen molar-refractivity contribution in [3.63, 3.8) is 0 Å². The van der Waals surface area contributed by atoms with Gasteiger partial charge in [-0.15, -0.1) is 0 Å². The van der Waals surface area contributed by atoms with Crippen LogP contribution in [0, 0.1) is 21.7 Å². The smallest absolute Gasteiger partial charge is 0.0531 e. The molecule has 0 aromatic heterocycles. The molecule has 0 unspecified atom stereocenters. The molecule has 0 saturated heterocycles. The van der Waals surface area contributed by atoms with Crippen LogP contribution in [0.15, 0.2) is 0 Å². The van der Waals surface area contributed by atoms with Crippen LogP contribution in [0.2, 0.25) is 0 Å². The fourth-order valence-electron chi connectivity index (χ4n) is 1.46. The minimum Gasteiger partial charge on any atom is -0.396 e. The van der Waals surface area contributed by atoms with E-state index in [9.17, 15) is 0 Å². The SMILES string of the molecule is CCC(C)(C)C.CCC(CO)(CO)CO.CCC(CO)(CO)CO.CCC(CO)(CO)CO. The van der Waals surface area contributed by atoms with E-state index in [1.54, 1.807) is 0 Å². The van der Waals surface area contributed by atoms with Crippen molar-refractivity contribution in [1.29, 1.82) is 0 Å². The van der Waals surface area contributed by atoms with Crippen molar-refractivity contribution in [2.75, 3.05) is 59.5 Å². The van der Waals surface area contributed by atoms with E-state index in [1.165, 1.54) is 6.42 Å². The Hall–Kier alpha value is -0.360. The van der Waals surface area contributed by atoms with E-state index in [1.807, 2.05) is 20.8 Å². The summed E-state index contributed by atoms with van der Waals surface area (Å²) in [6.07, 6.45) is 3.05. The third kappa shape index (κ3) is 18.6. The molecule has 206 valence electrons. The molecule has 9 N–H and O–H groups in total. The number of rotatable bonds is 12. The second-order valence-electron chi connectivity index (χ2n) is 9.90. The number of aliphatic hydroxyl groups excluding tert-OH is 9. The Kier molecular flexibility index (Phi) is 26.7. The summed E-state index contributed by atoms with van der Waals surface area (Å²) >= 11 is 0. The Labute approximate surface area is 201 Å². The first-order valence-corrected chi connectivity index (χ1v) is 11.8. The van der Waals surface area contributed by atoms with Crippen molar-refractivity contribution in [2.24, 2.45) is 21.7 Å². The van der Waals surface area contributed by atoms with Gasteiger partial charge < -0.3 is 46.0 Å². The Balaban J connectivity index is -0.000000172. The molecule has 0 radical (unpaired) electrons. The van der Waals surface area contributed by atoms with Gasteiger partial charge in [-0.2, -0.15) is 0 Å². The van der Waals surface area contributed by atoms with Crippen LogP contribution in [0.3, 0.4) is 0 Å². The molecule has 0 atom stereocenters. The fraction of sp³-hybridized carbons (Fsp3) is 1.00. The first kappa shape index (κ1) is 39.8. The zero-order valence-corrected chi connectivity index (χ0v) is 22.2. The van der Waals surface area contributed by atoms with Crippen molar-refractivity contribution in [3.8, 4) is 0 Å². The Morgan fingerprint density at radius 1 is 0.333 bits per heavy atom. The summed E-state index contributed by atoms with van der Waals surface area (Å²) in [5.41, 5.74) is -1.46. The summed E-state index contributed by atoms with van der Waals surface area (Å²) in [6.45, 7) is 13.0. The van der Waals surface area contributed by atoms with E-state index >= 15 is 0 Å². The van der Waals surface area contributed by atoms with E-state index in [4.69, 9.17) is 46.0 Å². The van der Waals surface area contributed by atoms with Crippen molar-refractivity contribution in [1.82, 2.24) is 0 Å². The molecule has 0 rings (SSSR count). The van der Waals surface area contributed by atoms with Crippen LogP contribution in [-0.2, 0) is 0 Å². The normalized spacial score (nSPS) is 12.0. The standard InChI is InChI=1S/3C6H14O3.C6H14/c3*1-2-6(3-7,4-8)5-9;1-5-6(2,3)4/h3*7-9H,2-5H2,1H3;5H2,1-4H3. The lowest BCUT2D eigenvalue weighted by Crippen LogP contribution is -2.32. The maximum Gasteiger partial charge on any atom is 0.0531 e. The second-order valence-corrected chi connectivity index (χ2v) is 9.90. The summed E-state index contributed by atoms with van der Waals surface area (Å²) < 4.78 is 0. The highest BCUT2D eigenvalue weighted by Crippen LogP contribution is 2.19. The molecule has 0 aromatic rings. The fourth-order valence-corrected chi connectivity index (χ4v) is 1.46. The van der Waals surface area contributed by atoms with Gasteiger partial charge in [0.25, 0.3) is 0 Å². The predicted octanol–water partition coefficient (Wildman–Crippen LogP) is 0.522. The van der Waals surface area contributed by atoms with Crippen molar-refractivity contribution >= 4 is 0 Å². The van der Waals surface area contributed by atoms with Gasteiger partial charge in [0.15, 0.2) is 0 Å². The van der Waals surface area contributed by atoms with Gasteiger partial charge in [-0.05, 0) is 24.7 Å². The highest BCUT2D eigenvalue weighted by Gasteiger charge is 2.26. The Bertz CT molecular complexity index is 286. The summed E-state index contributed by atoms with van der Waals surface area (Å²) in [5, 5.41) is 77.9. The maximum absolute atomic E-state index is 8.66. The van der Waals surface area contributed by atoms with Gasteiger partial charge in [-0.3, -0.25) is 0 Å². The van der Waals surface area contributed by atoms with Gasteiger partial charge in [-0.1, -0.05) is 54.9 Å². The Morgan fingerprint density at radius 3 is 0.455 bits per heavy atom. The summed E-state index contributed by atoms with van der Waals surface area (Å²) in [4.78, 5) is 0. The molecule has 9 nitrogen and oxygen atoms in total. The van der Waals surface area contributed by atoms with Crippen LogP contribution in [-0.4, -0.2) is 105 Å². The lowest BCUT2D eigenvalue weighted by atomic mass is 9.88. The average molecular weight is 489 g/mol. The molecule has 0 bridgehead atoms. The lowest BCUT2D eigenvalue weighted by molar-refractivity contribution is 0.00275. The Morgan fingerprint density at radius 2 is 0.455 bits per heavy atom. The molecule has 0 amide bonds. The first-order valence-electron chi connectivity index (χ1n) is 11.8. The first-order chi connectivity index (χ1) is 15.3.